The molecule has 1 aromatic rings. The minimum atomic E-state index is -0.640. The molecular weight excluding hydrogens is 224 g/mol. The number of anilines is 1. The third kappa shape index (κ3) is 3.18. The molecule has 0 aromatic heterocycles. The largest absolute Gasteiger partial charge is 0.497 e. The normalized spacial score (nSPS) is 9.59. The molecule has 17 heavy (non-hydrogen) atoms. The van der Waals surface area contributed by atoms with Crippen LogP contribution in [0.4, 0.5) is 5.69 Å². The SMILES string of the molecule is CNC(=O)c1cc(OC)ccc1NC(=O)CO. The van der Waals surface area contributed by atoms with Crippen LogP contribution in [0.3, 0.4) is 0 Å². The molecule has 0 aliphatic carbocycles. The minimum absolute atomic E-state index is 0.272. The number of nitrogens with one attached hydrogen (secondary N) is 2. The van der Waals surface area contributed by atoms with Gasteiger partial charge in [-0.05, 0) is 18.2 Å². The molecule has 1 rings (SSSR count). The Morgan fingerprint density at radius 2 is 2.12 bits per heavy atom. The molecule has 0 aliphatic rings. The number of ether oxygens (including phenoxy) is 1. The molecule has 0 radical (unpaired) electrons. The average Bonchev–Trinajstić information content (AvgIpc) is 2.38. The number of aliphatic hydroxyl groups excluding tert-OH is 1. The fourth-order valence-corrected chi connectivity index (χ4v) is 1.27. The van der Waals surface area contributed by atoms with E-state index in [9.17, 15) is 9.59 Å². The molecule has 0 aliphatic heterocycles. The van der Waals surface area contributed by atoms with Gasteiger partial charge in [0.05, 0.1) is 18.4 Å². The van der Waals surface area contributed by atoms with Gasteiger partial charge in [-0.25, -0.2) is 0 Å². The van der Waals surface area contributed by atoms with Crippen LogP contribution in [0.15, 0.2) is 18.2 Å². The van der Waals surface area contributed by atoms with Gasteiger partial charge in [0.15, 0.2) is 0 Å². The topological polar surface area (TPSA) is 87.7 Å². The van der Waals surface area contributed by atoms with Gasteiger partial charge >= 0.3 is 0 Å². The van der Waals surface area contributed by atoms with Crippen molar-refractivity contribution < 1.29 is 19.4 Å². The fraction of sp³-hybridized carbons (Fsp3) is 0.273. The smallest absolute Gasteiger partial charge is 0.253 e. The van der Waals surface area contributed by atoms with Gasteiger partial charge in [-0.15, -0.1) is 0 Å². The number of hydrogen-bond acceptors (Lipinski definition) is 4. The van der Waals surface area contributed by atoms with Gasteiger partial charge in [-0.3, -0.25) is 9.59 Å². The first-order valence-electron chi connectivity index (χ1n) is 4.93. The first-order valence-corrected chi connectivity index (χ1v) is 4.93. The third-order valence-corrected chi connectivity index (χ3v) is 2.12. The highest BCUT2D eigenvalue weighted by atomic mass is 16.5. The van der Waals surface area contributed by atoms with E-state index < -0.39 is 12.5 Å². The lowest BCUT2D eigenvalue weighted by atomic mass is 10.1. The summed E-state index contributed by atoms with van der Waals surface area (Å²) in [4.78, 5) is 22.7. The molecule has 0 heterocycles. The molecule has 0 unspecified atom stereocenters. The molecule has 3 N–H and O–H groups in total. The summed E-state index contributed by atoms with van der Waals surface area (Å²) in [5.74, 6) is -0.428. The van der Waals surface area contributed by atoms with Crippen molar-refractivity contribution in [1.29, 1.82) is 0 Å². The van der Waals surface area contributed by atoms with Crippen LogP contribution >= 0.6 is 0 Å². The summed E-state index contributed by atoms with van der Waals surface area (Å²) in [5.41, 5.74) is 0.595. The van der Waals surface area contributed by atoms with E-state index in [1.54, 1.807) is 6.07 Å². The van der Waals surface area contributed by atoms with E-state index in [1.165, 1.54) is 26.3 Å². The van der Waals surface area contributed by atoms with Gasteiger partial charge in [-0.2, -0.15) is 0 Å². The van der Waals surface area contributed by atoms with Crippen LogP contribution in [0, 0.1) is 0 Å². The lowest BCUT2D eigenvalue weighted by Gasteiger charge is -2.10. The molecule has 0 saturated carbocycles. The van der Waals surface area contributed by atoms with Crippen molar-refractivity contribution in [2.45, 2.75) is 0 Å². The second-order valence-electron chi connectivity index (χ2n) is 3.20. The molecule has 0 fully saturated rings. The molecule has 0 atom stereocenters. The van der Waals surface area contributed by atoms with E-state index in [-0.39, 0.29) is 11.5 Å². The second kappa shape index (κ2) is 5.86. The Kier molecular flexibility index (Phi) is 4.47. The average molecular weight is 238 g/mol. The van der Waals surface area contributed by atoms with E-state index in [4.69, 9.17) is 9.84 Å². The zero-order valence-electron chi connectivity index (χ0n) is 9.61. The predicted octanol–water partition coefficient (Wildman–Crippen LogP) is -0.0144. The Bertz CT molecular complexity index is 431. The highest BCUT2D eigenvalue weighted by molar-refractivity contribution is 6.04. The lowest BCUT2D eigenvalue weighted by molar-refractivity contribution is -0.118. The van der Waals surface area contributed by atoms with Crippen molar-refractivity contribution in [2.24, 2.45) is 0 Å². The molecule has 0 bridgehead atoms. The maximum Gasteiger partial charge on any atom is 0.253 e. The van der Waals surface area contributed by atoms with Crippen LogP contribution in [-0.2, 0) is 4.79 Å². The highest BCUT2D eigenvalue weighted by Crippen LogP contribution is 2.21. The van der Waals surface area contributed by atoms with Crippen molar-refractivity contribution in [2.75, 3.05) is 26.1 Å². The van der Waals surface area contributed by atoms with Gasteiger partial charge < -0.3 is 20.5 Å². The molecule has 0 spiro atoms. The summed E-state index contributed by atoms with van der Waals surface area (Å²) in [6, 6.07) is 4.65. The summed E-state index contributed by atoms with van der Waals surface area (Å²) in [7, 11) is 2.97. The number of methoxy groups -OCH3 is 1. The number of carbonyl (C=O) groups is 2. The first kappa shape index (κ1) is 13.0. The van der Waals surface area contributed by atoms with Gasteiger partial charge in [-0.1, -0.05) is 0 Å². The predicted molar refractivity (Wildman–Crippen MR) is 62.1 cm³/mol. The van der Waals surface area contributed by atoms with Crippen molar-refractivity contribution in [3.05, 3.63) is 23.8 Å². The van der Waals surface area contributed by atoms with Crippen LogP contribution in [0.1, 0.15) is 10.4 Å². The number of amides is 2. The van der Waals surface area contributed by atoms with Crippen molar-refractivity contribution in [3.63, 3.8) is 0 Å². The second-order valence-corrected chi connectivity index (χ2v) is 3.20. The summed E-state index contributed by atoms with van der Waals surface area (Å²) in [6.45, 7) is -0.640. The Labute approximate surface area is 98.6 Å². The zero-order chi connectivity index (χ0) is 12.8. The van der Waals surface area contributed by atoms with E-state index >= 15 is 0 Å². The summed E-state index contributed by atoms with van der Waals surface area (Å²) < 4.78 is 4.99. The Morgan fingerprint density at radius 1 is 1.41 bits per heavy atom. The van der Waals surface area contributed by atoms with Gasteiger partial charge in [0, 0.05) is 7.05 Å². The van der Waals surface area contributed by atoms with Crippen LogP contribution in [0.5, 0.6) is 5.75 Å². The molecule has 0 saturated heterocycles. The summed E-state index contributed by atoms with van der Waals surface area (Å²) in [6.07, 6.45) is 0. The van der Waals surface area contributed by atoms with Crippen LogP contribution < -0.4 is 15.4 Å². The number of rotatable bonds is 4. The Hall–Kier alpha value is -2.08. The van der Waals surface area contributed by atoms with Gasteiger partial charge in [0.1, 0.15) is 12.4 Å². The lowest BCUT2D eigenvalue weighted by Crippen LogP contribution is -2.22. The molecule has 2 amide bonds. The Balaban J connectivity index is 3.10. The van der Waals surface area contributed by atoms with Crippen LogP contribution in [0.2, 0.25) is 0 Å². The molecule has 6 nitrogen and oxygen atoms in total. The number of benzene rings is 1. The van der Waals surface area contributed by atoms with Crippen LogP contribution in [-0.4, -0.2) is 37.7 Å². The maximum absolute atomic E-state index is 11.6. The molecular formula is C11H14N2O4. The fourth-order valence-electron chi connectivity index (χ4n) is 1.27. The zero-order valence-corrected chi connectivity index (χ0v) is 9.61. The maximum atomic E-state index is 11.6. The van der Waals surface area contributed by atoms with Crippen molar-refractivity contribution >= 4 is 17.5 Å². The third-order valence-electron chi connectivity index (χ3n) is 2.12. The van der Waals surface area contributed by atoms with Crippen LogP contribution in [0.25, 0.3) is 0 Å². The number of aliphatic hydroxyl groups is 1. The minimum Gasteiger partial charge on any atom is -0.497 e. The quantitative estimate of drug-likeness (QED) is 0.688. The van der Waals surface area contributed by atoms with E-state index in [1.807, 2.05) is 0 Å². The van der Waals surface area contributed by atoms with Gasteiger partial charge in [0.25, 0.3) is 5.91 Å². The van der Waals surface area contributed by atoms with E-state index in [0.29, 0.717) is 11.4 Å². The van der Waals surface area contributed by atoms with Gasteiger partial charge in [0.2, 0.25) is 5.91 Å². The van der Waals surface area contributed by atoms with E-state index in [0.717, 1.165) is 0 Å². The molecule has 6 heteroatoms. The standard InChI is InChI=1S/C11H14N2O4/c1-12-11(16)8-5-7(17-2)3-4-9(8)13-10(15)6-14/h3-5,14H,6H2,1-2H3,(H,12,16)(H,13,15). The summed E-state index contributed by atoms with van der Waals surface area (Å²) in [5, 5.41) is 13.5. The van der Waals surface area contributed by atoms with Crippen molar-refractivity contribution in [3.8, 4) is 5.75 Å². The first-order chi connectivity index (χ1) is 8.12. The number of carbonyl (C=O) groups excluding carboxylic acids is 2. The molecule has 92 valence electrons. The van der Waals surface area contributed by atoms with Crippen molar-refractivity contribution in [1.82, 2.24) is 5.32 Å². The van der Waals surface area contributed by atoms with E-state index in [2.05, 4.69) is 10.6 Å². The Morgan fingerprint density at radius 3 is 2.65 bits per heavy atom. The monoisotopic (exact) mass is 238 g/mol. The summed E-state index contributed by atoms with van der Waals surface area (Å²) >= 11 is 0. The number of hydrogen-bond donors (Lipinski definition) is 3. The highest BCUT2D eigenvalue weighted by Gasteiger charge is 2.13. The molecule has 1 aromatic carbocycles.